The highest BCUT2D eigenvalue weighted by Gasteiger charge is 2.21. The number of aryl methyl sites for hydroxylation is 1. The van der Waals surface area contributed by atoms with Crippen LogP contribution in [0.5, 0.6) is 0 Å². The van der Waals surface area contributed by atoms with Gasteiger partial charge < -0.3 is 15.2 Å². The average molecular weight is 325 g/mol. The van der Waals surface area contributed by atoms with Gasteiger partial charge in [0.25, 0.3) is 0 Å². The predicted octanol–water partition coefficient (Wildman–Crippen LogP) is 1.31. The number of rotatable bonds is 8. The Labute approximate surface area is 136 Å². The van der Waals surface area contributed by atoms with Gasteiger partial charge in [-0.1, -0.05) is 25.6 Å². The number of nitrogens with one attached hydrogen (secondary N) is 2. The van der Waals surface area contributed by atoms with Crippen LogP contribution in [0, 0.1) is 11.8 Å². The second kappa shape index (κ2) is 8.53. The fraction of sp³-hybridized carbons (Fsp3) is 0.800. The molecule has 7 heteroatoms. The van der Waals surface area contributed by atoms with E-state index in [1.807, 2.05) is 6.26 Å². The Morgan fingerprint density at radius 1 is 1.50 bits per heavy atom. The highest BCUT2D eigenvalue weighted by atomic mass is 32.2. The fourth-order valence-corrected chi connectivity index (χ4v) is 3.21. The zero-order chi connectivity index (χ0) is 15.9. The minimum atomic E-state index is 0.146. The molecule has 1 amide bonds. The lowest BCUT2D eigenvalue weighted by Gasteiger charge is -2.12. The van der Waals surface area contributed by atoms with Crippen molar-refractivity contribution in [2.75, 3.05) is 25.9 Å². The van der Waals surface area contributed by atoms with Gasteiger partial charge in [-0.25, -0.2) is 0 Å². The monoisotopic (exact) mass is 325 g/mol. The first kappa shape index (κ1) is 17.3. The molecule has 1 aliphatic rings. The van der Waals surface area contributed by atoms with Crippen LogP contribution in [0.1, 0.15) is 32.5 Å². The van der Waals surface area contributed by atoms with Crippen molar-refractivity contribution in [1.29, 1.82) is 0 Å². The fourth-order valence-electron chi connectivity index (χ4n) is 2.68. The van der Waals surface area contributed by atoms with E-state index in [2.05, 4.69) is 39.2 Å². The van der Waals surface area contributed by atoms with E-state index >= 15 is 0 Å². The molecular formula is C15H27N5OS. The lowest BCUT2D eigenvalue weighted by Crippen LogP contribution is -2.32. The smallest absolute Gasteiger partial charge is 0.224 e. The molecule has 0 bridgehead atoms. The van der Waals surface area contributed by atoms with Crippen LogP contribution in [0.3, 0.4) is 0 Å². The van der Waals surface area contributed by atoms with Gasteiger partial charge in [0.1, 0.15) is 5.82 Å². The van der Waals surface area contributed by atoms with Crippen molar-refractivity contribution in [3.8, 4) is 0 Å². The third kappa shape index (κ3) is 4.71. The summed E-state index contributed by atoms with van der Waals surface area (Å²) < 4.78 is 2.21. The van der Waals surface area contributed by atoms with E-state index in [1.165, 1.54) is 0 Å². The summed E-state index contributed by atoms with van der Waals surface area (Å²) >= 11 is 1.63. The van der Waals surface area contributed by atoms with E-state index in [9.17, 15) is 4.79 Å². The third-order valence-electron chi connectivity index (χ3n) is 3.83. The summed E-state index contributed by atoms with van der Waals surface area (Å²) in [6.07, 6.45) is 4.73. The van der Waals surface area contributed by atoms with E-state index in [0.717, 1.165) is 49.9 Å². The summed E-state index contributed by atoms with van der Waals surface area (Å²) in [5.74, 6) is 1.91. The standard InChI is InChI=1S/C15H27N5OS/c1-11(2)10-20-13(18-19-15(20)22-3)5-4-7-17-14(21)12-6-8-16-9-12/h11-12,16H,4-10H2,1-3H3,(H,17,21). The molecule has 22 heavy (non-hydrogen) atoms. The van der Waals surface area contributed by atoms with Gasteiger partial charge in [-0.2, -0.15) is 0 Å². The number of hydrogen-bond acceptors (Lipinski definition) is 5. The van der Waals surface area contributed by atoms with Gasteiger partial charge >= 0.3 is 0 Å². The number of thioether (sulfide) groups is 1. The number of aromatic nitrogens is 3. The third-order valence-corrected chi connectivity index (χ3v) is 4.50. The normalized spacial score (nSPS) is 18.1. The molecule has 1 aliphatic heterocycles. The van der Waals surface area contributed by atoms with Gasteiger partial charge in [-0.15, -0.1) is 10.2 Å². The molecule has 124 valence electrons. The highest BCUT2D eigenvalue weighted by Crippen LogP contribution is 2.16. The molecule has 1 fully saturated rings. The van der Waals surface area contributed by atoms with E-state index in [1.54, 1.807) is 11.8 Å². The zero-order valence-electron chi connectivity index (χ0n) is 13.8. The maximum Gasteiger partial charge on any atom is 0.224 e. The van der Waals surface area contributed by atoms with Gasteiger partial charge in [-0.3, -0.25) is 4.79 Å². The molecule has 0 spiro atoms. The van der Waals surface area contributed by atoms with Crippen LogP contribution in [-0.2, 0) is 17.8 Å². The Kier molecular flexibility index (Phi) is 6.70. The lowest BCUT2D eigenvalue weighted by molar-refractivity contribution is -0.124. The topological polar surface area (TPSA) is 71.8 Å². The maximum atomic E-state index is 11.9. The van der Waals surface area contributed by atoms with Gasteiger partial charge in [0.2, 0.25) is 5.91 Å². The van der Waals surface area contributed by atoms with Gasteiger partial charge in [0.15, 0.2) is 5.16 Å². The molecule has 0 radical (unpaired) electrons. The molecule has 0 aliphatic carbocycles. The minimum absolute atomic E-state index is 0.146. The summed E-state index contributed by atoms with van der Waals surface area (Å²) in [4.78, 5) is 11.9. The Hall–Kier alpha value is -1.08. The largest absolute Gasteiger partial charge is 0.356 e. The quantitative estimate of drug-likeness (QED) is 0.557. The number of hydrogen-bond donors (Lipinski definition) is 2. The number of nitrogens with zero attached hydrogens (tertiary/aromatic N) is 3. The Morgan fingerprint density at radius 2 is 2.32 bits per heavy atom. The Bertz CT molecular complexity index is 482. The molecule has 0 saturated carbocycles. The van der Waals surface area contributed by atoms with Crippen molar-refractivity contribution in [1.82, 2.24) is 25.4 Å². The number of amides is 1. The maximum absolute atomic E-state index is 11.9. The van der Waals surface area contributed by atoms with Crippen molar-refractivity contribution in [3.63, 3.8) is 0 Å². The average Bonchev–Trinajstić information content (AvgIpc) is 3.13. The Morgan fingerprint density at radius 3 is 2.95 bits per heavy atom. The van der Waals surface area contributed by atoms with Gasteiger partial charge in [-0.05, 0) is 31.6 Å². The van der Waals surface area contributed by atoms with E-state index in [0.29, 0.717) is 12.5 Å². The van der Waals surface area contributed by atoms with Crippen molar-refractivity contribution >= 4 is 17.7 Å². The zero-order valence-corrected chi connectivity index (χ0v) is 14.6. The molecular weight excluding hydrogens is 298 g/mol. The summed E-state index contributed by atoms with van der Waals surface area (Å²) in [5, 5.41) is 15.8. The van der Waals surface area contributed by atoms with Crippen molar-refractivity contribution in [2.24, 2.45) is 11.8 Å². The number of carbonyl (C=O) groups is 1. The first-order valence-electron chi connectivity index (χ1n) is 8.06. The van der Waals surface area contributed by atoms with Crippen LogP contribution in [0.2, 0.25) is 0 Å². The molecule has 1 aromatic heterocycles. The highest BCUT2D eigenvalue weighted by molar-refractivity contribution is 7.98. The van der Waals surface area contributed by atoms with Crippen LogP contribution >= 0.6 is 11.8 Å². The molecule has 2 rings (SSSR count). The van der Waals surface area contributed by atoms with Crippen LogP contribution < -0.4 is 10.6 Å². The van der Waals surface area contributed by atoms with Crippen LogP contribution in [0.25, 0.3) is 0 Å². The molecule has 0 aromatic carbocycles. The van der Waals surface area contributed by atoms with Crippen molar-refractivity contribution < 1.29 is 4.79 Å². The molecule has 1 saturated heterocycles. The van der Waals surface area contributed by atoms with Crippen LogP contribution in [0.15, 0.2) is 5.16 Å². The first-order chi connectivity index (χ1) is 10.6. The summed E-state index contributed by atoms with van der Waals surface area (Å²) in [5.41, 5.74) is 0. The molecule has 2 heterocycles. The summed E-state index contributed by atoms with van der Waals surface area (Å²) in [6, 6.07) is 0. The molecule has 1 unspecified atom stereocenters. The lowest BCUT2D eigenvalue weighted by atomic mass is 10.1. The summed E-state index contributed by atoms with van der Waals surface area (Å²) in [7, 11) is 0. The van der Waals surface area contributed by atoms with Gasteiger partial charge in [0, 0.05) is 26.1 Å². The second-order valence-corrected chi connectivity index (χ2v) is 6.97. The van der Waals surface area contributed by atoms with Crippen molar-refractivity contribution in [2.45, 2.75) is 44.8 Å². The predicted molar refractivity (Wildman–Crippen MR) is 88.9 cm³/mol. The van der Waals surface area contributed by atoms with Crippen LogP contribution in [0.4, 0.5) is 0 Å². The first-order valence-corrected chi connectivity index (χ1v) is 9.28. The second-order valence-electron chi connectivity index (χ2n) is 6.19. The molecule has 6 nitrogen and oxygen atoms in total. The van der Waals surface area contributed by atoms with Crippen LogP contribution in [-0.4, -0.2) is 46.6 Å². The van der Waals surface area contributed by atoms with E-state index < -0.39 is 0 Å². The van der Waals surface area contributed by atoms with Crippen molar-refractivity contribution in [3.05, 3.63) is 5.82 Å². The SMILES string of the molecule is CSc1nnc(CCCNC(=O)C2CCNC2)n1CC(C)C. The molecule has 1 atom stereocenters. The Balaban J connectivity index is 1.78. The number of carbonyl (C=O) groups excluding carboxylic acids is 1. The molecule has 1 aromatic rings. The van der Waals surface area contributed by atoms with E-state index in [4.69, 9.17) is 0 Å². The minimum Gasteiger partial charge on any atom is -0.356 e. The van der Waals surface area contributed by atoms with E-state index in [-0.39, 0.29) is 11.8 Å². The van der Waals surface area contributed by atoms with Gasteiger partial charge in [0.05, 0.1) is 5.92 Å². The summed E-state index contributed by atoms with van der Waals surface area (Å²) in [6.45, 7) is 7.81. The molecule has 2 N–H and O–H groups in total.